The van der Waals surface area contributed by atoms with E-state index in [1.165, 1.54) is 0 Å². The van der Waals surface area contributed by atoms with Crippen LogP contribution in [0.2, 0.25) is 0 Å². The summed E-state index contributed by atoms with van der Waals surface area (Å²) in [6.45, 7) is 0.826. The smallest absolute Gasteiger partial charge is 0.323 e. The van der Waals surface area contributed by atoms with Gasteiger partial charge in [-0.2, -0.15) is 5.10 Å². The molecule has 0 aliphatic carbocycles. The molecule has 7 heteroatoms. The van der Waals surface area contributed by atoms with Gasteiger partial charge in [-0.3, -0.25) is 10.1 Å². The zero-order chi connectivity index (χ0) is 17.8. The van der Waals surface area contributed by atoms with Crippen LogP contribution in [0.5, 0.6) is 0 Å². The zero-order valence-corrected chi connectivity index (χ0v) is 14.1. The molecule has 3 aromatic rings. The van der Waals surface area contributed by atoms with Gasteiger partial charge in [0.15, 0.2) is 0 Å². The monoisotopic (exact) mass is 349 g/mol. The van der Waals surface area contributed by atoms with Crippen LogP contribution in [0, 0.1) is 0 Å². The Balaban J connectivity index is 1.45. The number of H-pyrrole nitrogens is 1. The molecule has 1 saturated heterocycles. The van der Waals surface area contributed by atoms with Crippen molar-refractivity contribution in [2.75, 3.05) is 17.2 Å². The molecule has 26 heavy (non-hydrogen) atoms. The van der Waals surface area contributed by atoms with Crippen molar-refractivity contribution in [3.8, 4) is 0 Å². The topological polar surface area (TPSA) is 91.9 Å². The van der Waals surface area contributed by atoms with Crippen molar-refractivity contribution in [1.29, 1.82) is 0 Å². The number of ether oxygens (including phenoxy) is 1. The molecule has 3 N–H and O–H groups in total. The molecule has 0 radical (unpaired) electrons. The second-order valence-corrected chi connectivity index (χ2v) is 6.10. The number of aromatic amines is 1. The molecular weight excluding hydrogens is 330 g/mol. The fraction of sp³-hybridized carbons (Fsp3) is 0.211. The number of aromatic nitrogens is 3. The summed E-state index contributed by atoms with van der Waals surface area (Å²) in [5.41, 5.74) is 3.03. The number of nitrogens with zero attached hydrogens (tertiary/aromatic N) is 2. The third-order valence-electron chi connectivity index (χ3n) is 4.20. The van der Waals surface area contributed by atoms with Crippen molar-refractivity contribution in [3.05, 3.63) is 54.5 Å². The molecule has 2 aromatic heterocycles. The molecule has 1 atom stereocenters. The van der Waals surface area contributed by atoms with Crippen LogP contribution in [0.4, 0.5) is 16.2 Å². The molecule has 0 saturated carbocycles. The van der Waals surface area contributed by atoms with Gasteiger partial charge in [0.2, 0.25) is 0 Å². The molecule has 1 aromatic carbocycles. The standard InChI is InChI=1S/C19H19N5O2/c25-19(22-14-3-1-9-20-12-14)21-13-5-7-16-17(23-24-18(16)11-13)8-6-15-4-2-10-26-15/h1,3,5-9,11-12,15H,2,4,10H2,(H,23,24)(H2,21,22,25)/b8-6+. The first kappa shape index (κ1) is 16.3. The number of benzene rings is 1. The number of carbonyl (C=O) groups excluding carboxylic acids is 1. The highest BCUT2D eigenvalue weighted by Gasteiger charge is 2.12. The number of carbonyl (C=O) groups is 1. The number of nitrogens with one attached hydrogen (secondary N) is 3. The Morgan fingerprint density at radius 1 is 1.27 bits per heavy atom. The van der Waals surface area contributed by atoms with E-state index in [9.17, 15) is 4.79 Å². The van der Waals surface area contributed by atoms with Crippen LogP contribution in [-0.4, -0.2) is 33.9 Å². The van der Waals surface area contributed by atoms with Crippen molar-refractivity contribution in [2.24, 2.45) is 0 Å². The summed E-state index contributed by atoms with van der Waals surface area (Å²) in [6.07, 6.45) is 9.61. The number of pyridine rings is 1. The summed E-state index contributed by atoms with van der Waals surface area (Å²) in [7, 11) is 0. The lowest BCUT2D eigenvalue weighted by molar-refractivity contribution is 0.146. The molecule has 3 heterocycles. The minimum Gasteiger partial charge on any atom is -0.374 e. The van der Waals surface area contributed by atoms with E-state index in [0.29, 0.717) is 11.4 Å². The van der Waals surface area contributed by atoms with Crippen molar-refractivity contribution >= 4 is 34.4 Å². The molecule has 0 spiro atoms. The number of hydrogen-bond acceptors (Lipinski definition) is 4. The molecule has 1 aliphatic heterocycles. The van der Waals surface area contributed by atoms with E-state index in [0.717, 1.165) is 36.0 Å². The van der Waals surface area contributed by atoms with E-state index < -0.39 is 0 Å². The highest BCUT2D eigenvalue weighted by atomic mass is 16.5. The summed E-state index contributed by atoms with van der Waals surface area (Å²) >= 11 is 0. The van der Waals surface area contributed by atoms with Crippen LogP contribution >= 0.6 is 0 Å². The van der Waals surface area contributed by atoms with Crippen molar-refractivity contribution < 1.29 is 9.53 Å². The Labute approximate surface area is 150 Å². The number of rotatable bonds is 4. The largest absolute Gasteiger partial charge is 0.374 e. The van der Waals surface area contributed by atoms with Crippen LogP contribution in [-0.2, 0) is 4.74 Å². The van der Waals surface area contributed by atoms with E-state index in [2.05, 4.69) is 31.9 Å². The normalized spacial score (nSPS) is 17.0. The predicted octanol–water partition coefficient (Wildman–Crippen LogP) is 3.79. The maximum absolute atomic E-state index is 12.1. The maximum atomic E-state index is 12.1. The van der Waals surface area contributed by atoms with Crippen LogP contribution in [0.25, 0.3) is 17.0 Å². The van der Waals surface area contributed by atoms with Crippen molar-refractivity contribution in [3.63, 3.8) is 0 Å². The Hall–Kier alpha value is -3.19. The van der Waals surface area contributed by atoms with Crippen LogP contribution in [0.15, 0.2) is 48.8 Å². The van der Waals surface area contributed by atoms with Gasteiger partial charge in [-0.15, -0.1) is 0 Å². The lowest BCUT2D eigenvalue weighted by Crippen LogP contribution is -2.19. The number of anilines is 2. The second kappa shape index (κ2) is 7.37. The summed E-state index contributed by atoms with van der Waals surface area (Å²) in [5, 5.41) is 13.9. The minimum absolute atomic E-state index is 0.180. The van der Waals surface area contributed by atoms with Gasteiger partial charge < -0.3 is 15.4 Å². The highest BCUT2D eigenvalue weighted by molar-refractivity contribution is 6.01. The van der Waals surface area contributed by atoms with E-state index in [1.807, 2.05) is 24.3 Å². The average molecular weight is 349 g/mol. The Bertz CT molecular complexity index is 930. The van der Waals surface area contributed by atoms with E-state index in [1.54, 1.807) is 24.5 Å². The Morgan fingerprint density at radius 3 is 3.00 bits per heavy atom. The van der Waals surface area contributed by atoms with E-state index in [4.69, 9.17) is 4.74 Å². The number of fused-ring (bicyclic) bond motifs is 1. The van der Waals surface area contributed by atoms with Crippen molar-refractivity contribution in [2.45, 2.75) is 18.9 Å². The third kappa shape index (κ3) is 3.73. The SMILES string of the molecule is O=C(Nc1cccnc1)Nc1ccc2c(/C=C/C3CCCO3)n[nH]c2c1. The number of urea groups is 1. The first-order valence-electron chi connectivity index (χ1n) is 8.54. The van der Waals surface area contributed by atoms with Crippen molar-refractivity contribution in [1.82, 2.24) is 15.2 Å². The molecule has 132 valence electrons. The zero-order valence-electron chi connectivity index (χ0n) is 14.1. The fourth-order valence-corrected chi connectivity index (χ4v) is 2.93. The minimum atomic E-state index is -0.324. The number of amides is 2. The van der Waals surface area contributed by atoms with Gasteiger partial charge in [0, 0.05) is 23.9 Å². The third-order valence-corrected chi connectivity index (χ3v) is 4.20. The van der Waals surface area contributed by atoms with Gasteiger partial charge in [0.1, 0.15) is 0 Å². The van der Waals surface area contributed by atoms with E-state index >= 15 is 0 Å². The quantitative estimate of drug-likeness (QED) is 0.668. The predicted molar refractivity (Wildman–Crippen MR) is 101 cm³/mol. The van der Waals surface area contributed by atoms with Crippen LogP contribution in [0.1, 0.15) is 18.5 Å². The summed E-state index contributed by atoms with van der Waals surface area (Å²) in [4.78, 5) is 16.0. The summed E-state index contributed by atoms with van der Waals surface area (Å²) < 4.78 is 5.59. The molecule has 2 amide bonds. The summed E-state index contributed by atoms with van der Waals surface area (Å²) in [6, 6.07) is 8.86. The molecule has 1 fully saturated rings. The van der Waals surface area contributed by atoms with Gasteiger partial charge >= 0.3 is 6.03 Å². The fourth-order valence-electron chi connectivity index (χ4n) is 2.93. The molecular formula is C19H19N5O2. The lowest BCUT2D eigenvalue weighted by Gasteiger charge is -2.07. The van der Waals surface area contributed by atoms with Gasteiger partial charge in [-0.05, 0) is 49.2 Å². The van der Waals surface area contributed by atoms with E-state index in [-0.39, 0.29) is 12.1 Å². The second-order valence-electron chi connectivity index (χ2n) is 6.10. The first-order chi connectivity index (χ1) is 12.8. The average Bonchev–Trinajstić information content (AvgIpc) is 3.30. The maximum Gasteiger partial charge on any atom is 0.323 e. The summed E-state index contributed by atoms with van der Waals surface area (Å²) in [5.74, 6) is 0. The van der Waals surface area contributed by atoms with Gasteiger partial charge in [-0.1, -0.05) is 6.08 Å². The molecule has 1 unspecified atom stereocenters. The van der Waals surface area contributed by atoms with Crippen LogP contribution in [0.3, 0.4) is 0 Å². The number of hydrogen-bond donors (Lipinski definition) is 3. The van der Waals surface area contributed by atoms with Crippen LogP contribution < -0.4 is 10.6 Å². The molecule has 4 rings (SSSR count). The highest BCUT2D eigenvalue weighted by Crippen LogP contribution is 2.22. The molecule has 7 nitrogen and oxygen atoms in total. The molecule has 1 aliphatic rings. The first-order valence-corrected chi connectivity index (χ1v) is 8.54. The Morgan fingerprint density at radius 2 is 2.19 bits per heavy atom. The van der Waals surface area contributed by atoms with Gasteiger partial charge in [0.05, 0.1) is 29.2 Å². The molecule has 0 bridgehead atoms. The Kier molecular flexibility index (Phi) is 4.61. The van der Waals surface area contributed by atoms with Gasteiger partial charge in [-0.25, -0.2) is 4.79 Å². The van der Waals surface area contributed by atoms with Gasteiger partial charge in [0.25, 0.3) is 0 Å². The lowest BCUT2D eigenvalue weighted by atomic mass is 10.1.